The third-order valence-electron chi connectivity index (χ3n) is 6.12. The molecule has 4 N–H and O–H groups in total. The molecule has 0 bridgehead atoms. The maximum atomic E-state index is 13.6. The molecule has 37 heavy (non-hydrogen) atoms. The summed E-state index contributed by atoms with van der Waals surface area (Å²) in [5, 5.41) is 33.6. The van der Waals surface area contributed by atoms with Crippen molar-refractivity contribution in [3.8, 4) is 5.75 Å². The van der Waals surface area contributed by atoms with Crippen LogP contribution in [0.15, 0.2) is 41.7 Å². The molecule has 1 aromatic heterocycles. The van der Waals surface area contributed by atoms with Gasteiger partial charge >= 0.3 is 7.12 Å². The van der Waals surface area contributed by atoms with Crippen LogP contribution in [0, 0.1) is 5.92 Å². The summed E-state index contributed by atoms with van der Waals surface area (Å²) in [6, 6.07) is 8.91. The Kier molecular flexibility index (Phi) is 9.33. The van der Waals surface area contributed by atoms with Crippen molar-refractivity contribution in [2.24, 2.45) is 11.1 Å². The zero-order valence-electron chi connectivity index (χ0n) is 22.0. The van der Waals surface area contributed by atoms with E-state index < -0.39 is 24.6 Å². The number of amides is 2. The molecule has 1 aromatic carbocycles. The average molecular weight is 513 g/mol. The van der Waals surface area contributed by atoms with Gasteiger partial charge in [-0.25, -0.2) is 0 Å². The predicted octanol–water partition coefficient (Wildman–Crippen LogP) is 1.50. The van der Waals surface area contributed by atoms with E-state index in [0.717, 1.165) is 5.56 Å². The van der Waals surface area contributed by atoms with Gasteiger partial charge in [-0.2, -0.15) is 5.10 Å². The van der Waals surface area contributed by atoms with Crippen LogP contribution in [0.2, 0.25) is 0 Å². The summed E-state index contributed by atoms with van der Waals surface area (Å²) < 4.78 is 6.93. The number of hydrogen-bond donors (Lipinski definition) is 4. The Morgan fingerprint density at radius 1 is 1.24 bits per heavy atom. The topological polar surface area (TPSA) is 147 Å². The number of oxime groups is 1. The lowest BCUT2D eigenvalue weighted by Crippen LogP contribution is -2.56. The van der Waals surface area contributed by atoms with Gasteiger partial charge in [-0.3, -0.25) is 14.3 Å². The first-order valence-corrected chi connectivity index (χ1v) is 12.4. The molecule has 1 aliphatic heterocycles. The minimum Gasteiger partial charge on any atom is -0.497 e. The minimum absolute atomic E-state index is 0.0165. The van der Waals surface area contributed by atoms with Crippen LogP contribution in [0.3, 0.4) is 0 Å². The van der Waals surface area contributed by atoms with Gasteiger partial charge < -0.3 is 30.3 Å². The minimum atomic E-state index is -1.73. The Morgan fingerprint density at radius 3 is 2.65 bits per heavy atom. The molecule has 0 aliphatic carbocycles. The Hall–Kier alpha value is -3.38. The first-order chi connectivity index (χ1) is 17.5. The van der Waals surface area contributed by atoms with Crippen LogP contribution in [0.4, 0.5) is 0 Å². The van der Waals surface area contributed by atoms with Crippen LogP contribution >= 0.6 is 0 Å². The molecule has 2 aromatic rings. The Labute approximate surface area is 217 Å². The highest BCUT2D eigenvalue weighted by molar-refractivity contribution is 6.43. The first-order valence-electron chi connectivity index (χ1n) is 12.4. The normalized spacial score (nSPS) is 17.8. The quantitative estimate of drug-likeness (QED) is 0.315. The average Bonchev–Trinajstić information content (AvgIpc) is 3.50. The van der Waals surface area contributed by atoms with Gasteiger partial charge in [0, 0.05) is 25.1 Å². The van der Waals surface area contributed by atoms with Gasteiger partial charge in [-0.15, -0.1) is 0 Å². The SMILES string of the molecule is COc1cccc(CC2(C(=O)N[C@@H](CC(C)C)B(O)O)CC(CNC(=O)c3ccnn3C(C)C)=NO2)c1. The number of aromatic nitrogens is 2. The zero-order valence-corrected chi connectivity index (χ0v) is 22.0. The molecule has 0 spiro atoms. The van der Waals surface area contributed by atoms with Crippen LogP contribution in [-0.4, -0.2) is 69.7 Å². The van der Waals surface area contributed by atoms with Crippen molar-refractivity contribution >= 4 is 24.6 Å². The molecule has 1 unspecified atom stereocenters. The highest BCUT2D eigenvalue weighted by Crippen LogP contribution is 2.30. The lowest BCUT2D eigenvalue weighted by atomic mass is 9.74. The third-order valence-corrected chi connectivity index (χ3v) is 6.12. The molecular weight excluding hydrogens is 477 g/mol. The Bertz CT molecular complexity index is 1120. The van der Waals surface area contributed by atoms with E-state index in [2.05, 4.69) is 20.9 Å². The molecule has 200 valence electrons. The number of nitrogens with one attached hydrogen (secondary N) is 2. The summed E-state index contributed by atoms with van der Waals surface area (Å²) in [6.45, 7) is 7.79. The molecule has 3 rings (SSSR count). The number of ether oxygens (including phenoxy) is 1. The standard InChI is InChI=1S/C25H36BN5O6/c1-16(2)11-22(26(34)35)29-24(33)25(13-18-7-6-8-20(12-18)36-5)14-19(30-37-25)15-27-23(32)21-9-10-28-31(21)17(3)4/h6-10,12,16-17,22,34-35H,11,13-15H2,1-5H3,(H,27,32)(H,29,33)/t22-,25?/m0/s1. The van der Waals surface area contributed by atoms with Crippen molar-refractivity contribution in [3.05, 3.63) is 47.8 Å². The van der Waals surface area contributed by atoms with Crippen molar-refractivity contribution in [2.45, 2.75) is 64.5 Å². The van der Waals surface area contributed by atoms with E-state index in [9.17, 15) is 19.6 Å². The monoisotopic (exact) mass is 513 g/mol. The maximum absolute atomic E-state index is 13.6. The van der Waals surface area contributed by atoms with E-state index in [1.807, 2.05) is 39.8 Å². The van der Waals surface area contributed by atoms with Gasteiger partial charge in [-0.05, 0) is 49.9 Å². The number of rotatable bonds is 12. The third kappa shape index (κ3) is 7.10. The van der Waals surface area contributed by atoms with Gasteiger partial charge in [0.2, 0.25) is 5.60 Å². The largest absolute Gasteiger partial charge is 0.497 e. The Balaban J connectivity index is 1.77. The van der Waals surface area contributed by atoms with Crippen LogP contribution in [0.5, 0.6) is 5.75 Å². The van der Waals surface area contributed by atoms with Gasteiger partial charge in [0.05, 0.1) is 25.3 Å². The molecule has 2 heterocycles. The Morgan fingerprint density at radius 2 is 2.00 bits per heavy atom. The molecular formula is C25H36BN5O6. The van der Waals surface area contributed by atoms with Gasteiger partial charge in [0.15, 0.2) is 0 Å². The fourth-order valence-electron chi connectivity index (χ4n) is 4.29. The van der Waals surface area contributed by atoms with E-state index in [4.69, 9.17) is 9.57 Å². The summed E-state index contributed by atoms with van der Waals surface area (Å²) in [5.74, 6) is -0.962. The van der Waals surface area contributed by atoms with Gasteiger partial charge in [0.25, 0.3) is 11.8 Å². The number of hydrogen-bond acceptors (Lipinski definition) is 8. The van der Waals surface area contributed by atoms with E-state index >= 15 is 0 Å². The molecule has 11 nitrogen and oxygen atoms in total. The highest BCUT2D eigenvalue weighted by Gasteiger charge is 2.48. The van der Waals surface area contributed by atoms with Gasteiger partial charge in [-0.1, -0.05) is 31.1 Å². The van der Waals surface area contributed by atoms with E-state index in [1.165, 1.54) is 0 Å². The fraction of sp³-hybridized carbons (Fsp3) is 0.520. The summed E-state index contributed by atoms with van der Waals surface area (Å²) in [5.41, 5.74) is 0.243. The van der Waals surface area contributed by atoms with Crippen molar-refractivity contribution in [2.75, 3.05) is 13.7 Å². The summed E-state index contributed by atoms with van der Waals surface area (Å²) in [7, 11) is -0.172. The zero-order chi connectivity index (χ0) is 27.2. The molecule has 2 atom stereocenters. The van der Waals surface area contributed by atoms with Crippen LogP contribution in [-0.2, 0) is 16.1 Å². The second-order valence-corrected chi connectivity index (χ2v) is 10.0. The summed E-state index contributed by atoms with van der Waals surface area (Å²) >= 11 is 0. The molecule has 12 heteroatoms. The van der Waals surface area contributed by atoms with Crippen molar-refractivity contribution in [1.82, 2.24) is 20.4 Å². The smallest absolute Gasteiger partial charge is 0.475 e. The molecule has 0 saturated heterocycles. The number of carbonyl (C=O) groups excluding carboxylic acids is 2. The summed E-state index contributed by atoms with van der Waals surface area (Å²) in [4.78, 5) is 32.1. The molecule has 2 amide bonds. The predicted molar refractivity (Wildman–Crippen MR) is 139 cm³/mol. The second-order valence-electron chi connectivity index (χ2n) is 10.0. The number of nitrogens with zero attached hydrogens (tertiary/aromatic N) is 3. The van der Waals surface area contributed by atoms with E-state index in [0.29, 0.717) is 23.6 Å². The molecule has 0 fully saturated rings. The van der Waals surface area contributed by atoms with Crippen LogP contribution < -0.4 is 15.4 Å². The van der Waals surface area contributed by atoms with E-state index in [1.54, 1.807) is 36.2 Å². The first kappa shape index (κ1) is 28.2. The molecule has 0 saturated carbocycles. The number of benzene rings is 1. The van der Waals surface area contributed by atoms with Crippen LogP contribution in [0.25, 0.3) is 0 Å². The van der Waals surface area contributed by atoms with Crippen LogP contribution in [0.1, 0.15) is 62.6 Å². The maximum Gasteiger partial charge on any atom is 0.475 e. The van der Waals surface area contributed by atoms with Gasteiger partial charge in [0.1, 0.15) is 11.4 Å². The molecule has 0 radical (unpaired) electrons. The number of carbonyl (C=O) groups is 2. The second kappa shape index (κ2) is 12.2. The van der Waals surface area contributed by atoms with Crippen molar-refractivity contribution in [1.29, 1.82) is 0 Å². The fourth-order valence-corrected chi connectivity index (χ4v) is 4.29. The highest BCUT2D eigenvalue weighted by atomic mass is 16.7. The lowest BCUT2D eigenvalue weighted by Gasteiger charge is -2.29. The number of methoxy groups -OCH3 is 1. The van der Waals surface area contributed by atoms with Crippen molar-refractivity contribution < 1.29 is 29.2 Å². The van der Waals surface area contributed by atoms with Crippen molar-refractivity contribution in [3.63, 3.8) is 0 Å². The lowest BCUT2D eigenvalue weighted by molar-refractivity contribution is -0.144. The summed E-state index contributed by atoms with van der Waals surface area (Å²) in [6.07, 6.45) is 2.20. The molecule has 1 aliphatic rings. The van der Waals surface area contributed by atoms with E-state index in [-0.39, 0.29) is 37.3 Å².